The van der Waals surface area contributed by atoms with Crippen LogP contribution in [0.4, 0.5) is 4.79 Å². The number of carbonyl (C=O) groups excluding carboxylic acids is 2. The Labute approximate surface area is 159 Å². The van der Waals surface area contributed by atoms with Crippen molar-refractivity contribution in [3.05, 3.63) is 60.2 Å². The van der Waals surface area contributed by atoms with E-state index in [0.29, 0.717) is 12.1 Å². The number of ether oxygens (including phenoxy) is 2. The molecular formula is C22H25NO4. The van der Waals surface area contributed by atoms with Crippen LogP contribution in [0.3, 0.4) is 0 Å². The molecule has 27 heavy (non-hydrogen) atoms. The number of hydrogen-bond acceptors (Lipinski definition) is 4. The molecule has 0 spiro atoms. The van der Waals surface area contributed by atoms with Crippen LogP contribution in [0.15, 0.2) is 54.6 Å². The summed E-state index contributed by atoms with van der Waals surface area (Å²) in [6, 6.07) is 17.2. The van der Waals surface area contributed by atoms with Crippen molar-refractivity contribution in [3.63, 3.8) is 0 Å². The molecule has 0 saturated carbocycles. The molecule has 1 atom stereocenters. The standard InChI is InChI=1S/C22H25NO4/c1-22(2,3)27-21(25)23-14-13-19(23)15-26-20(24)18-11-9-17(10-12-18)16-7-5-4-6-8-16/h4-12,19H,13-15H2,1-3H3/t19-/m0/s1. The van der Waals surface area contributed by atoms with Gasteiger partial charge in [0.15, 0.2) is 0 Å². The van der Waals surface area contributed by atoms with Crippen LogP contribution >= 0.6 is 0 Å². The van der Waals surface area contributed by atoms with Crippen LogP contribution in [-0.4, -0.2) is 41.8 Å². The maximum atomic E-state index is 12.3. The van der Waals surface area contributed by atoms with Gasteiger partial charge in [-0.1, -0.05) is 42.5 Å². The molecule has 0 bridgehead atoms. The minimum absolute atomic E-state index is 0.118. The molecule has 1 aliphatic heterocycles. The molecular weight excluding hydrogens is 342 g/mol. The summed E-state index contributed by atoms with van der Waals surface area (Å²) in [6.07, 6.45) is 0.446. The van der Waals surface area contributed by atoms with Crippen molar-refractivity contribution in [1.82, 2.24) is 4.90 Å². The lowest BCUT2D eigenvalue weighted by molar-refractivity contribution is -0.0233. The second-order valence-electron chi connectivity index (χ2n) is 7.66. The van der Waals surface area contributed by atoms with Crippen LogP contribution in [0.5, 0.6) is 0 Å². The second-order valence-corrected chi connectivity index (χ2v) is 7.66. The molecule has 5 nitrogen and oxygen atoms in total. The molecule has 0 radical (unpaired) electrons. The van der Waals surface area contributed by atoms with Crippen LogP contribution in [0, 0.1) is 0 Å². The average molecular weight is 367 g/mol. The topological polar surface area (TPSA) is 55.8 Å². The van der Waals surface area contributed by atoms with E-state index in [-0.39, 0.29) is 24.7 Å². The van der Waals surface area contributed by atoms with Gasteiger partial charge in [-0.2, -0.15) is 0 Å². The Morgan fingerprint density at radius 3 is 2.19 bits per heavy atom. The van der Waals surface area contributed by atoms with E-state index in [1.165, 1.54) is 0 Å². The third-order valence-electron chi connectivity index (χ3n) is 4.41. The summed E-state index contributed by atoms with van der Waals surface area (Å²) < 4.78 is 10.8. The van der Waals surface area contributed by atoms with Crippen molar-refractivity contribution in [2.75, 3.05) is 13.2 Å². The monoisotopic (exact) mass is 367 g/mol. The quantitative estimate of drug-likeness (QED) is 0.746. The van der Waals surface area contributed by atoms with Gasteiger partial charge in [0, 0.05) is 6.54 Å². The van der Waals surface area contributed by atoms with Gasteiger partial charge in [0.25, 0.3) is 0 Å². The molecule has 0 N–H and O–H groups in total. The van der Waals surface area contributed by atoms with E-state index in [2.05, 4.69) is 0 Å². The average Bonchev–Trinajstić information content (AvgIpc) is 2.60. The van der Waals surface area contributed by atoms with E-state index < -0.39 is 5.60 Å². The summed E-state index contributed by atoms with van der Waals surface area (Å²) in [4.78, 5) is 26.0. The van der Waals surface area contributed by atoms with Crippen LogP contribution < -0.4 is 0 Å². The Morgan fingerprint density at radius 1 is 1.00 bits per heavy atom. The van der Waals surface area contributed by atoms with E-state index in [1.807, 2.05) is 63.2 Å². The van der Waals surface area contributed by atoms with Gasteiger partial charge in [-0.25, -0.2) is 9.59 Å². The van der Waals surface area contributed by atoms with Crippen molar-refractivity contribution < 1.29 is 19.1 Å². The van der Waals surface area contributed by atoms with Crippen molar-refractivity contribution in [3.8, 4) is 11.1 Å². The molecule has 1 fully saturated rings. The number of amides is 1. The second kappa shape index (κ2) is 7.82. The predicted molar refractivity (Wildman–Crippen MR) is 104 cm³/mol. The first-order valence-corrected chi connectivity index (χ1v) is 9.16. The summed E-state index contributed by atoms with van der Waals surface area (Å²) in [5, 5.41) is 0. The van der Waals surface area contributed by atoms with Gasteiger partial charge < -0.3 is 14.4 Å². The summed E-state index contributed by atoms with van der Waals surface area (Å²) in [6.45, 7) is 6.30. The number of rotatable bonds is 4. The molecule has 0 unspecified atom stereocenters. The molecule has 3 rings (SSSR count). The zero-order chi connectivity index (χ0) is 19.4. The molecule has 1 aliphatic rings. The van der Waals surface area contributed by atoms with Gasteiger partial charge in [-0.3, -0.25) is 0 Å². The normalized spacial score (nSPS) is 16.4. The lowest BCUT2D eigenvalue weighted by Gasteiger charge is -2.40. The number of carbonyl (C=O) groups is 2. The van der Waals surface area contributed by atoms with Gasteiger partial charge in [0.1, 0.15) is 12.2 Å². The largest absolute Gasteiger partial charge is 0.460 e. The number of benzene rings is 2. The zero-order valence-corrected chi connectivity index (χ0v) is 16.0. The van der Waals surface area contributed by atoms with Gasteiger partial charge >= 0.3 is 12.1 Å². The third kappa shape index (κ3) is 4.88. The van der Waals surface area contributed by atoms with E-state index in [1.54, 1.807) is 17.0 Å². The molecule has 2 aromatic carbocycles. The fraction of sp³-hybridized carbons (Fsp3) is 0.364. The predicted octanol–water partition coefficient (Wildman–Crippen LogP) is 4.52. The van der Waals surface area contributed by atoms with Crippen LogP contribution in [0.25, 0.3) is 11.1 Å². The Morgan fingerprint density at radius 2 is 1.63 bits per heavy atom. The van der Waals surface area contributed by atoms with Gasteiger partial charge in [-0.05, 0) is 50.5 Å². The maximum absolute atomic E-state index is 12.3. The minimum Gasteiger partial charge on any atom is -0.460 e. The van der Waals surface area contributed by atoms with Gasteiger partial charge in [0.05, 0.1) is 11.6 Å². The molecule has 142 valence electrons. The summed E-state index contributed by atoms with van der Waals surface area (Å²) >= 11 is 0. The first-order valence-electron chi connectivity index (χ1n) is 9.16. The number of nitrogens with zero attached hydrogens (tertiary/aromatic N) is 1. The van der Waals surface area contributed by atoms with Crippen LogP contribution in [0.2, 0.25) is 0 Å². The Balaban J connectivity index is 1.53. The fourth-order valence-corrected chi connectivity index (χ4v) is 2.86. The lowest BCUT2D eigenvalue weighted by atomic mass is 10.0. The third-order valence-corrected chi connectivity index (χ3v) is 4.41. The smallest absolute Gasteiger partial charge is 0.410 e. The molecule has 5 heteroatoms. The van der Waals surface area contributed by atoms with Crippen LogP contribution in [-0.2, 0) is 9.47 Å². The zero-order valence-electron chi connectivity index (χ0n) is 16.0. The maximum Gasteiger partial charge on any atom is 0.410 e. The Kier molecular flexibility index (Phi) is 5.49. The van der Waals surface area contributed by atoms with Crippen molar-refractivity contribution in [2.24, 2.45) is 0 Å². The molecule has 0 aromatic heterocycles. The lowest BCUT2D eigenvalue weighted by Crippen LogP contribution is -2.54. The molecule has 1 saturated heterocycles. The highest BCUT2D eigenvalue weighted by Crippen LogP contribution is 2.23. The van der Waals surface area contributed by atoms with E-state index >= 15 is 0 Å². The fourth-order valence-electron chi connectivity index (χ4n) is 2.86. The molecule has 1 amide bonds. The highest BCUT2D eigenvalue weighted by molar-refractivity contribution is 5.90. The Hall–Kier alpha value is -2.82. The van der Waals surface area contributed by atoms with E-state index in [4.69, 9.17) is 9.47 Å². The molecule has 2 aromatic rings. The summed E-state index contributed by atoms with van der Waals surface area (Å²) in [5.74, 6) is -0.384. The summed E-state index contributed by atoms with van der Waals surface area (Å²) in [7, 11) is 0. The van der Waals surface area contributed by atoms with Crippen molar-refractivity contribution in [2.45, 2.75) is 38.8 Å². The first-order chi connectivity index (χ1) is 12.8. The SMILES string of the molecule is CC(C)(C)OC(=O)N1CC[C@H]1COC(=O)c1ccc(-c2ccccc2)cc1. The number of esters is 1. The minimum atomic E-state index is -0.533. The van der Waals surface area contributed by atoms with Crippen molar-refractivity contribution in [1.29, 1.82) is 0 Å². The number of likely N-dealkylation sites (tertiary alicyclic amines) is 1. The summed E-state index contributed by atoms with van der Waals surface area (Å²) in [5.41, 5.74) is 2.11. The van der Waals surface area contributed by atoms with Gasteiger partial charge in [0.2, 0.25) is 0 Å². The van der Waals surface area contributed by atoms with Gasteiger partial charge in [-0.15, -0.1) is 0 Å². The van der Waals surface area contributed by atoms with Crippen molar-refractivity contribution >= 4 is 12.1 Å². The van der Waals surface area contributed by atoms with Crippen LogP contribution in [0.1, 0.15) is 37.6 Å². The molecule has 0 aliphatic carbocycles. The van der Waals surface area contributed by atoms with E-state index in [9.17, 15) is 9.59 Å². The Bertz CT molecular complexity index is 793. The van der Waals surface area contributed by atoms with E-state index in [0.717, 1.165) is 17.5 Å². The highest BCUT2D eigenvalue weighted by Gasteiger charge is 2.36. The number of hydrogen-bond donors (Lipinski definition) is 0. The first kappa shape index (κ1) is 19.0. The molecule has 1 heterocycles. The highest BCUT2D eigenvalue weighted by atomic mass is 16.6.